The van der Waals surface area contributed by atoms with Crippen molar-refractivity contribution in [2.24, 2.45) is 0 Å². The van der Waals surface area contributed by atoms with Gasteiger partial charge in [0, 0.05) is 38.3 Å². The third-order valence-electron chi connectivity index (χ3n) is 8.30. The molecule has 1 saturated heterocycles. The third kappa shape index (κ3) is 4.43. The number of nitrogens with zero attached hydrogens (tertiary/aromatic N) is 3. The SMILES string of the molecule is CC(C)Oc1ccccc1N1CCN([C@H]2CC[C@@H](N3C(=O)c4ccc5ccc(F)cc5c4C3=O)CC2)CC1. The molecule has 0 N–H and O–H groups in total. The Morgan fingerprint density at radius 2 is 1.53 bits per heavy atom. The highest BCUT2D eigenvalue weighted by atomic mass is 19.1. The summed E-state index contributed by atoms with van der Waals surface area (Å²) in [5, 5.41) is 1.30. The molecule has 1 saturated carbocycles. The molecule has 2 aliphatic heterocycles. The van der Waals surface area contributed by atoms with Crippen LogP contribution in [0.4, 0.5) is 10.1 Å². The topological polar surface area (TPSA) is 53.1 Å². The van der Waals surface area contributed by atoms with Gasteiger partial charge in [0.05, 0.1) is 22.9 Å². The van der Waals surface area contributed by atoms with Gasteiger partial charge in [-0.05, 0) is 80.6 Å². The van der Waals surface area contributed by atoms with Gasteiger partial charge in [0.15, 0.2) is 0 Å². The normalized spacial score (nSPS) is 22.4. The molecule has 3 aromatic carbocycles. The predicted octanol–water partition coefficient (Wildman–Crippen LogP) is 5.50. The summed E-state index contributed by atoms with van der Waals surface area (Å²) in [6.45, 7) is 7.96. The number of benzene rings is 3. The van der Waals surface area contributed by atoms with Gasteiger partial charge in [-0.1, -0.05) is 24.3 Å². The largest absolute Gasteiger partial charge is 0.489 e. The summed E-state index contributed by atoms with van der Waals surface area (Å²) in [4.78, 5) is 33.1. The molecule has 0 aromatic heterocycles. The maximum absolute atomic E-state index is 14.0. The highest BCUT2D eigenvalue weighted by molar-refractivity contribution is 6.26. The van der Waals surface area contributed by atoms with Crippen LogP contribution < -0.4 is 9.64 Å². The molecule has 38 heavy (non-hydrogen) atoms. The summed E-state index contributed by atoms with van der Waals surface area (Å²) in [7, 11) is 0. The second-order valence-corrected chi connectivity index (χ2v) is 11.0. The molecule has 0 spiro atoms. The van der Waals surface area contributed by atoms with Crippen LogP contribution in [0.5, 0.6) is 5.75 Å². The number of fused-ring (bicyclic) bond motifs is 3. The first-order valence-electron chi connectivity index (χ1n) is 13.8. The minimum Gasteiger partial charge on any atom is -0.489 e. The molecule has 2 heterocycles. The molecule has 3 aromatic rings. The van der Waals surface area contributed by atoms with Gasteiger partial charge in [-0.3, -0.25) is 19.4 Å². The zero-order chi connectivity index (χ0) is 26.4. The number of ether oxygens (including phenoxy) is 1. The van der Waals surface area contributed by atoms with Crippen LogP contribution in [0.15, 0.2) is 54.6 Å². The molecular formula is C31H34FN3O3. The third-order valence-corrected chi connectivity index (χ3v) is 8.30. The molecule has 1 aliphatic carbocycles. The van der Waals surface area contributed by atoms with Gasteiger partial charge in [0.25, 0.3) is 11.8 Å². The van der Waals surface area contributed by atoms with Crippen LogP contribution in [-0.4, -0.2) is 66.0 Å². The number of imide groups is 1. The van der Waals surface area contributed by atoms with Crippen molar-refractivity contribution in [3.8, 4) is 5.75 Å². The molecule has 0 radical (unpaired) electrons. The Labute approximate surface area is 223 Å². The van der Waals surface area contributed by atoms with E-state index in [4.69, 9.17) is 4.74 Å². The summed E-state index contributed by atoms with van der Waals surface area (Å²) >= 11 is 0. The molecule has 0 atom stereocenters. The van der Waals surface area contributed by atoms with Crippen molar-refractivity contribution >= 4 is 28.3 Å². The van der Waals surface area contributed by atoms with Crippen molar-refractivity contribution in [1.82, 2.24) is 9.80 Å². The maximum Gasteiger partial charge on any atom is 0.262 e. The quantitative estimate of drug-likeness (QED) is 0.421. The number of carbonyl (C=O) groups excluding carboxylic acids is 2. The standard InChI is InChI=1S/C31H34FN3O3/c1-20(2)38-28-6-4-3-5-27(28)34-17-15-33(16-18-34)23-10-12-24(13-11-23)35-30(36)25-14-8-21-7-9-22(32)19-26(21)29(25)31(35)37/h3-9,14,19-20,23-24H,10-13,15-18H2,1-2H3/t23-,24+. The summed E-state index contributed by atoms with van der Waals surface area (Å²) in [5.74, 6) is 0.0186. The number of piperazine rings is 1. The molecule has 6 nitrogen and oxygen atoms in total. The van der Waals surface area contributed by atoms with Gasteiger partial charge >= 0.3 is 0 Å². The van der Waals surface area contributed by atoms with E-state index in [0.29, 0.717) is 22.6 Å². The van der Waals surface area contributed by atoms with Gasteiger partial charge in [-0.2, -0.15) is 0 Å². The lowest BCUT2D eigenvalue weighted by Gasteiger charge is -2.43. The highest BCUT2D eigenvalue weighted by Gasteiger charge is 2.42. The maximum atomic E-state index is 14.0. The van der Waals surface area contributed by atoms with E-state index < -0.39 is 5.82 Å². The van der Waals surface area contributed by atoms with Crippen molar-refractivity contribution in [1.29, 1.82) is 0 Å². The average molecular weight is 516 g/mol. The lowest BCUT2D eigenvalue weighted by atomic mass is 9.89. The van der Waals surface area contributed by atoms with E-state index in [1.807, 2.05) is 12.1 Å². The zero-order valence-corrected chi connectivity index (χ0v) is 22.0. The van der Waals surface area contributed by atoms with Crippen LogP contribution in [0.3, 0.4) is 0 Å². The van der Waals surface area contributed by atoms with Crippen molar-refractivity contribution in [3.05, 3.63) is 71.5 Å². The summed E-state index contributed by atoms with van der Waals surface area (Å²) in [6.07, 6.45) is 3.65. The summed E-state index contributed by atoms with van der Waals surface area (Å²) < 4.78 is 20.0. The molecule has 198 valence electrons. The van der Waals surface area contributed by atoms with E-state index in [1.165, 1.54) is 17.0 Å². The van der Waals surface area contributed by atoms with Crippen LogP contribution in [0, 0.1) is 5.82 Å². The Bertz CT molecular complexity index is 1370. The number of halogens is 1. The minimum atomic E-state index is -0.402. The van der Waals surface area contributed by atoms with E-state index in [1.54, 1.807) is 18.2 Å². The van der Waals surface area contributed by atoms with Gasteiger partial charge in [-0.15, -0.1) is 0 Å². The molecular weight excluding hydrogens is 481 g/mol. The van der Waals surface area contributed by atoms with Gasteiger partial charge in [0.1, 0.15) is 11.6 Å². The lowest BCUT2D eigenvalue weighted by Crippen LogP contribution is -2.52. The average Bonchev–Trinajstić information content (AvgIpc) is 3.18. The second-order valence-electron chi connectivity index (χ2n) is 11.0. The van der Waals surface area contributed by atoms with E-state index in [2.05, 4.69) is 35.8 Å². The van der Waals surface area contributed by atoms with E-state index in [0.717, 1.165) is 68.7 Å². The number of hydrogen-bond donors (Lipinski definition) is 0. The summed E-state index contributed by atoms with van der Waals surface area (Å²) in [5.41, 5.74) is 1.91. The van der Waals surface area contributed by atoms with Crippen molar-refractivity contribution < 1.29 is 18.7 Å². The van der Waals surface area contributed by atoms with Crippen molar-refractivity contribution in [2.75, 3.05) is 31.1 Å². The van der Waals surface area contributed by atoms with Gasteiger partial charge in [-0.25, -0.2) is 4.39 Å². The first kappa shape index (κ1) is 24.9. The fourth-order valence-corrected chi connectivity index (χ4v) is 6.46. The lowest BCUT2D eigenvalue weighted by molar-refractivity contribution is 0.0491. The van der Waals surface area contributed by atoms with Gasteiger partial charge < -0.3 is 9.64 Å². The number of hydrogen-bond acceptors (Lipinski definition) is 5. The number of carbonyl (C=O) groups is 2. The monoisotopic (exact) mass is 515 g/mol. The molecule has 0 unspecified atom stereocenters. The van der Waals surface area contributed by atoms with Gasteiger partial charge in [0.2, 0.25) is 0 Å². The van der Waals surface area contributed by atoms with Crippen LogP contribution in [0.2, 0.25) is 0 Å². The Balaban J connectivity index is 1.09. The fraction of sp³-hybridized carbons (Fsp3) is 0.419. The minimum absolute atomic E-state index is 0.108. The summed E-state index contributed by atoms with van der Waals surface area (Å²) in [6, 6.07) is 16.5. The van der Waals surface area contributed by atoms with E-state index in [9.17, 15) is 14.0 Å². The fourth-order valence-electron chi connectivity index (χ4n) is 6.46. The molecule has 0 bridgehead atoms. The first-order chi connectivity index (χ1) is 18.4. The Kier molecular flexibility index (Phi) is 6.56. The predicted molar refractivity (Wildman–Crippen MR) is 146 cm³/mol. The van der Waals surface area contributed by atoms with E-state index >= 15 is 0 Å². The van der Waals surface area contributed by atoms with Crippen molar-refractivity contribution in [3.63, 3.8) is 0 Å². The number of rotatable bonds is 5. The van der Waals surface area contributed by atoms with E-state index in [-0.39, 0.29) is 24.0 Å². The number of para-hydroxylation sites is 2. The Morgan fingerprint density at radius 3 is 2.26 bits per heavy atom. The zero-order valence-electron chi connectivity index (χ0n) is 22.0. The second kappa shape index (κ2) is 10.0. The van der Waals surface area contributed by atoms with Crippen LogP contribution in [0.25, 0.3) is 10.8 Å². The van der Waals surface area contributed by atoms with Crippen LogP contribution in [0.1, 0.15) is 60.2 Å². The number of amides is 2. The molecule has 6 rings (SSSR count). The Hall–Kier alpha value is -3.45. The van der Waals surface area contributed by atoms with Crippen LogP contribution in [-0.2, 0) is 0 Å². The number of anilines is 1. The molecule has 7 heteroatoms. The molecule has 2 fully saturated rings. The Morgan fingerprint density at radius 1 is 0.842 bits per heavy atom. The smallest absolute Gasteiger partial charge is 0.262 e. The highest BCUT2D eigenvalue weighted by Crippen LogP contribution is 2.36. The molecule has 3 aliphatic rings. The first-order valence-corrected chi connectivity index (χ1v) is 13.8. The van der Waals surface area contributed by atoms with Crippen molar-refractivity contribution in [2.45, 2.75) is 57.7 Å². The van der Waals surface area contributed by atoms with Crippen LogP contribution >= 0.6 is 0 Å². The molecule has 2 amide bonds.